The molecule has 1 fully saturated rings. The molecule has 1 aliphatic rings. The van der Waals surface area contributed by atoms with E-state index in [1.807, 2.05) is 20.8 Å². The fourth-order valence-electron chi connectivity index (χ4n) is 2.34. The van der Waals surface area contributed by atoms with Crippen LogP contribution in [-0.4, -0.2) is 40.1 Å². The van der Waals surface area contributed by atoms with Crippen molar-refractivity contribution in [2.45, 2.75) is 58.5 Å². The molecule has 0 saturated heterocycles. The van der Waals surface area contributed by atoms with Crippen molar-refractivity contribution in [3.63, 3.8) is 0 Å². The summed E-state index contributed by atoms with van der Waals surface area (Å²) in [4.78, 5) is 24.3. The molecule has 2 N–H and O–H groups in total. The van der Waals surface area contributed by atoms with Crippen LogP contribution in [0.5, 0.6) is 0 Å². The van der Waals surface area contributed by atoms with Gasteiger partial charge in [0.2, 0.25) is 0 Å². The van der Waals surface area contributed by atoms with Gasteiger partial charge in [0.1, 0.15) is 6.54 Å². The summed E-state index contributed by atoms with van der Waals surface area (Å²) in [5, 5.41) is 11.8. The molecule has 0 spiro atoms. The van der Waals surface area contributed by atoms with Crippen molar-refractivity contribution in [1.82, 2.24) is 10.2 Å². The van der Waals surface area contributed by atoms with Crippen LogP contribution in [0.25, 0.3) is 0 Å². The van der Waals surface area contributed by atoms with Crippen LogP contribution >= 0.6 is 0 Å². The first-order chi connectivity index (χ1) is 8.20. The van der Waals surface area contributed by atoms with E-state index in [4.69, 9.17) is 5.11 Å². The van der Waals surface area contributed by atoms with E-state index >= 15 is 0 Å². The Kier molecular flexibility index (Phi) is 4.59. The predicted octanol–water partition coefficient (Wildman–Crippen LogP) is 2.07. The van der Waals surface area contributed by atoms with E-state index in [1.165, 1.54) is 4.90 Å². The van der Waals surface area contributed by atoms with Crippen LogP contribution in [0, 0.1) is 5.92 Å². The molecule has 0 bridgehead atoms. The maximum absolute atomic E-state index is 12.1. The highest BCUT2D eigenvalue weighted by Gasteiger charge is 2.31. The average molecular weight is 256 g/mol. The van der Waals surface area contributed by atoms with Gasteiger partial charge < -0.3 is 15.3 Å². The average Bonchev–Trinajstić information content (AvgIpc) is 2.58. The Balaban J connectivity index is 2.62. The molecule has 5 nitrogen and oxygen atoms in total. The van der Waals surface area contributed by atoms with Crippen molar-refractivity contribution in [3.8, 4) is 0 Å². The lowest BCUT2D eigenvalue weighted by molar-refractivity contribution is -0.138. The van der Waals surface area contributed by atoms with Gasteiger partial charge in [0.25, 0.3) is 0 Å². The number of nitrogens with one attached hydrogen (secondary N) is 1. The molecule has 0 heterocycles. The Bertz CT molecular complexity index is 323. The second-order valence-corrected chi connectivity index (χ2v) is 6.22. The Morgan fingerprint density at radius 1 is 1.33 bits per heavy atom. The molecule has 0 aromatic rings. The molecule has 5 heteroatoms. The molecule has 0 aromatic heterocycles. The molecule has 0 aromatic carbocycles. The molecule has 2 unspecified atom stereocenters. The van der Waals surface area contributed by atoms with Crippen molar-refractivity contribution in [2.75, 3.05) is 6.54 Å². The number of amides is 2. The van der Waals surface area contributed by atoms with Crippen LogP contribution in [-0.2, 0) is 4.79 Å². The largest absolute Gasteiger partial charge is 0.480 e. The normalized spacial score (nSPS) is 23.8. The SMILES string of the molecule is CC1CCC(NC(=O)N(CC(=O)O)C(C)(C)C)C1. The monoisotopic (exact) mass is 256 g/mol. The summed E-state index contributed by atoms with van der Waals surface area (Å²) in [6.07, 6.45) is 3.09. The Morgan fingerprint density at radius 2 is 1.94 bits per heavy atom. The minimum Gasteiger partial charge on any atom is -0.480 e. The zero-order valence-electron chi connectivity index (χ0n) is 11.7. The van der Waals surface area contributed by atoms with E-state index in [0.717, 1.165) is 19.3 Å². The summed E-state index contributed by atoms with van der Waals surface area (Å²) in [6, 6.07) is -0.0878. The molecule has 18 heavy (non-hydrogen) atoms. The van der Waals surface area contributed by atoms with Gasteiger partial charge in [-0.05, 0) is 46.0 Å². The summed E-state index contributed by atoms with van der Waals surface area (Å²) in [7, 11) is 0. The highest BCUT2D eigenvalue weighted by atomic mass is 16.4. The van der Waals surface area contributed by atoms with Gasteiger partial charge in [-0.2, -0.15) is 0 Å². The van der Waals surface area contributed by atoms with Crippen LogP contribution in [0.3, 0.4) is 0 Å². The number of carbonyl (C=O) groups is 2. The topological polar surface area (TPSA) is 69.6 Å². The number of urea groups is 1. The smallest absolute Gasteiger partial charge is 0.323 e. The Hall–Kier alpha value is -1.26. The number of aliphatic carboxylic acids is 1. The molecule has 2 atom stereocenters. The zero-order chi connectivity index (χ0) is 13.9. The first kappa shape index (κ1) is 14.8. The molecule has 0 aliphatic heterocycles. The van der Waals surface area contributed by atoms with Crippen LogP contribution in [0.15, 0.2) is 0 Å². The number of carbonyl (C=O) groups excluding carboxylic acids is 1. The Morgan fingerprint density at radius 3 is 2.33 bits per heavy atom. The van der Waals surface area contributed by atoms with Crippen LogP contribution < -0.4 is 5.32 Å². The summed E-state index contributed by atoms with van der Waals surface area (Å²) in [6.45, 7) is 7.43. The lowest BCUT2D eigenvalue weighted by Gasteiger charge is -2.35. The maximum Gasteiger partial charge on any atom is 0.323 e. The fourth-order valence-corrected chi connectivity index (χ4v) is 2.34. The lowest BCUT2D eigenvalue weighted by atomic mass is 10.1. The number of hydrogen-bond donors (Lipinski definition) is 2. The quantitative estimate of drug-likeness (QED) is 0.812. The Labute approximate surface area is 109 Å². The second-order valence-electron chi connectivity index (χ2n) is 6.22. The predicted molar refractivity (Wildman–Crippen MR) is 69.4 cm³/mol. The van der Waals surface area contributed by atoms with Crippen molar-refractivity contribution in [3.05, 3.63) is 0 Å². The van der Waals surface area contributed by atoms with Gasteiger partial charge in [0, 0.05) is 11.6 Å². The van der Waals surface area contributed by atoms with Crippen molar-refractivity contribution in [2.24, 2.45) is 5.92 Å². The van der Waals surface area contributed by atoms with Crippen molar-refractivity contribution < 1.29 is 14.7 Å². The highest BCUT2D eigenvalue weighted by molar-refractivity contribution is 5.81. The van der Waals surface area contributed by atoms with Crippen molar-refractivity contribution in [1.29, 1.82) is 0 Å². The molecule has 1 saturated carbocycles. The van der Waals surface area contributed by atoms with Gasteiger partial charge >= 0.3 is 12.0 Å². The third kappa shape index (κ3) is 4.20. The van der Waals surface area contributed by atoms with Crippen LogP contribution in [0.2, 0.25) is 0 Å². The minimum atomic E-state index is -0.986. The first-order valence-corrected chi connectivity index (χ1v) is 6.50. The van der Waals surface area contributed by atoms with Gasteiger partial charge in [0.15, 0.2) is 0 Å². The number of hydrogen-bond acceptors (Lipinski definition) is 2. The lowest BCUT2D eigenvalue weighted by Crippen LogP contribution is -2.54. The van der Waals surface area contributed by atoms with Crippen LogP contribution in [0.1, 0.15) is 47.0 Å². The van der Waals surface area contributed by atoms with Gasteiger partial charge in [-0.3, -0.25) is 4.79 Å². The van der Waals surface area contributed by atoms with Crippen LogP contribution in [0.4, 0.5) is 4.79 Å². The summed E-state index contributed by atoms with van der Waals surface area (Å²) < 4.78 is 0. The minimum absolute atomic E-state index is 0.186. The molecule has 1 aliphatic carbocycles. The summed E-state index contributed by atoms with van der Waals surface area (Å²) in [5.74, 6) is -0.349. The number of rotatable bonds is 3. The van der Waals surface area contributed by atoms with Gasteiger partial charge in [0.05, 0.1) is 0 Å². The third-order valence-corrected chi connectivity index (χ3v) is 3.37. The molecule has 1 rings (SSSR count). The van der Waals surface area contributed by atoms with E-state index in [0.29, 0.717) is 5.92 Å². The number of carboxylic acid groups (broad SMARTS) is 1. The molecular formula is C13H24N2O3. The highest BCUT2D eigenvalue weighted by Crippen LogP contribution is 2.25. The third-order valence-electron chi connectivity index (χ3n) is 3.37. The second kappa shape index (κ2) is 5.59. The van der Waals surface area contributed by atoms with E-state index < -0.39 is 11.5 Å². The number of nitrogens with zero attached hydrogens (tertiary/aromatic N) is 1. The summed E-state index contributed by atoms with van der Waals surface area (Å²) >= 11 is 0. The van der Waals surface area contributed by atoms with Gasteiger partial charge in [-0.25, -0.2) is 4.79 Å². The molecule has 104 valence electrons. The van der Waals surface area contributed by atoms with E-state index in [2.05, 4.69) is 12.2 Å². The van der Waals surface area contributed by atoms with E-state index in [9.17, 15) is 9.59 Å². The maximum atomic E-state index is 12.1. The zero-order valence-corrected chi connectivity index (χ0v) is 11.7. The summed E-state index contributed by atoms with van der Waals surface area (Å²) in [5.41, 5.74) is -0.493. The molecule has 2 amide bonds. The molecular weight excluding hydrogens is 232 g/mol. The first-order valence-electron chi connectivity index (χ1n) is 6.50. The van der Waals surface area contributed by atoms with Crippen molar-refractivity contribution >= 4 is 12.0 Å². The van der Waals surface area contributed by atoms with E-state index in [1.54, 1.807) is 0 Å². The molecule has 0 radical (unpaired) electrons. The van der Waals surface area contributed by atoms with Gasteiger partial charge in [-0.1, -0.05) is 6.92 Å². The standard InChI is InChI=1S/C13H24N2O3/c1-9-5-6-10(7-9)14-12(18)15(8-11(16)17)13(2,3)4/h9-10H,5-8H2,1-4H3,(H,14,18)(H,16,17). The van der Waals surface area contributed by atoms with E-state index in [-0.39, 0.29) is 18.6 Å². The number of carboxylic acids is 1. The fraction of sp³-hybridized carbons (Fsp3) is 0.846. The van der Waals surface area contributed by atoms with Gasteiger partial charge in [-0.15, -0.1) is 0 Å².